The molecule has 2 aromatic carbocycles. The molecule has 0 saturated carbocycles. The first kappa shape index (κ1) is 14.7. The molecule has 0 aromatic heterocycles. The zero-order valence-electron chi connectivity index (χ0n) is 10.6. The van der Waals surface area contributed by atoms with Crippen LogP contribution in [0.2, 0.25) is 0 Å². The number of alkyl halides is 3. The van der Waals surface area contributed by atoms with Crippen LogP contribution in [-0.2, 0) is 6.18 Å². The molecule has 0 aliphatic heterocycles. The fourth-order valence-electron chi connectivity index (χ4n) is 1.73. The molecule has 0 unspecified atom stereocenters. The number of benzene rings is 2. The standard InChI is InChI=1S/C14H12BrF3N2/c1-8-2-3-9(14(16,17)18)6-13(8)20-12-5-4-10(15)7-11(12)19/h2-7,20H,19H2,1H3. The summed E-state index contributed by atoms with van der Waals surface area (Å²) in [6, 6.07) is 8.73. The minimum atomic E-state index is -4.37. The van der Waals surface area contributed by atoms with Crippen LogP contribution in [0.15, 0.2) is 40.9 Å². The summed E-state index contributed by atoms with van der Waals surface area (Å²) in [5.74, 6) is 0. The van der Waals surface area contributed by atoms with Crippen LogP contribution in [0.5, 0.6) is 0 Å². The lowest BCUT2D eigenvalue weighted by Crippen LogP contribution is -2.06. The van der Waals surface area contributed by atoms with Crippen LogP contribution in [0, 0.1) is 6.92 Å². The van der Waals surface area contributed by atoms with Crippen molar-refractivity contribution in [3.8, 4) is 0 Å². The Morgan fingerprint density at radius 1 is 1.05 bits per heavy atom. The third kappa shape index (κ3) is 3.25. The van der Waals surface area contributed by atoms with Crippen molar-refractivity contribution in [1.82, 2.24) is 0 Å². The SMILES string of the molecule is Cc1ccc(C(F)(F)F)cc1Nc1ccc(Br)cc1N. The largest absolute Gasteiger partial charge is 0.416 e. The maximum Gasteiger partial charge on any atom is 0.416 e. The predicted octanol–water partition coefficient (Wildman–Crippen LogP) is 5.10. The lowest BCUT2D eigenvalue weighted by molar-refractivity contribution is -0.137. The number of halogens is 4. The van der Waals surface area contributed by atoms with Crippen molar-refractivity contribution in [2.45, 2.75) is 13.1 Å². The van der Waals surface area contributed by atoms with E-state index in [1.165, 1.54) is 6.07 Å². The van der Waals surface area contributed by atoms with Crippen LogP contribution in [0.25, 0.3) is 0 Å². The number of nitrogens with two attached hydrogens (primary N) is 1. The minimum absolute atomic E-state index is 0.383. The van der Waals surface area contributed by atoms with E-state index in [4.69, 9.17) is 5.73 Å². The molecule has 0 radical (unpaired) electrons. The summed E-state index contributed by atoms with van der Waals surface area (Å²) in [6.07, 6.45) is -4.37. The minimum Gasteiger partial charge on any atom is -0.397 e. The van der Waals surface area contributed by atoms with Crippen LogP contribution >= 0.6 is 15.9 Å². The van der Waals surface area contributed by atoms with Gasteiger partial charge in [-0.25, -0.2) is 0 Å². The Bertz CT molecular complexity index is 639. The van der Waals surface area contributed by atoms with Crippen molar-refractivity contribution in [1.29, 1.82) is 0 Å². The van der Waals surface area contributed by atoms with E-state index in [1.54, 1.807) is 25.1 Å². The van der Waals surface area contributed by atoms with E-state index in [1.807, 2.05) is 0 Å². The van der Waals surface area contributed by atoms with Gasteiger partial charge in [0.15, 0.2) is 0 Å². The lowest BCUT2D eigenvalue weighted by atomic mass is 10.1. The summed E-state index contributed by atoms with van der Waals surface area (Å²) in [4.78, 5) is 0. The molecule has 0 amide bonds. The number of anilines is 3. The molecule has 0 heterocycles. The number of nitrogen functional groups attached to an aromatic ring is 1. The van der Waals surface area contributed by atoms with Gasteiger partial charge in [-0.05, 0) is 42.8 Å². The van der Waals surface area contributed by atoms with Gasteiger partial charge in [0, 0.05) is 10.2 Å². The van der Waals surface area contributed by atoms with Crippen LogP contribution in [0.1, 0.15) is 11.1 Å². The van der Waals surface area contributed by atoms with Crippen LogP contribution in [-0.4, -0.2) is 0 Å². The topological polar surface area (TPSA) is 38.0 Å². The van der Waals surface area contributed by atoms with E-state index in [2.05, 4.69) is 21.2 Å². The second-order valence-electron chi connectivity index (χ2n) is 4.38. The number of hydrogen-bond donors (Lipinski definition) is 2. The maximum absolute atomic E-state index is 12.7. The van der Waals surface area contributed by atoms with Crippen molar-refractivity contribution in [3.63, 3.8) is 0 Å². The van der Waals surface area contributed by atoms with E-state index in [9.17, 15) is 13.2 Å². The number of aryl methyl sites for hydroxylation is 1. The van der Waals surface area contributed by atoms with Gasteiger partial charge in [0.05, 0.1) is 16.9 Å². The van der Waals surface area contributed by atoms with Gasteiger partial charge in [-0.1, -0.05) is 22.0 Å². The van der Waals surface area contributed by atoms with E-state index < -0.39 is 11.7 Å². The second-order valence-corrected chi connectivity index (χ2v) is 5.30. The van der Waals surface area contributed by atoms with Gasteiger partial charge in [-0.2, -0.15) is 13.2 Å². The molecular formula is C14H12BrF3N2. The molecule has 0 spiro atoms. The Balaban J connectivity index is 2.38. The number of nitrogens with one attached hydrogen (secondary N) is 1. The van der Waals surface area contributed by atoms with Gasteiger partial charge in [0.1, 0.15) is 0 Å². The molecule has 0 aliphatic rings. The molecule has 0 atom stereocenters. The van der Waals surface area contributed by atoms with Crippen molar-refractivity contribution in [2.75, 3.05) is 11.1 Å². The summed E-state index contributed by atoms with van der Waals surface area (Å²) in [5, 5.41) is 2.93. The van der Waals surface area contributed by atoms with Crippen LogP contribution < -0.4 is 11.1 Å². The number of rotatable bonds is 2. The highest BCUT2D eigenvalue weighted by atomic mass is 79.9. The summed E-state index contributed by atoms with van der Waals surface area (Å²) in [5.41, 5.74) is 7.25. The molecule has 20 heavy (non-hydrogen) atoms. The fraction of sp³-hybridized carbons (Fsp3) is 0.143. The highest BCUT2D eigenvalue weighted by Crippen LogP contribution is 2.34. The Hall–Kier alpha value is -1.69. The maximum atomic E-state index is 12.7. The Kier molecular flexibility index (Phi) is 3.94. The van der Waals surface area contributed by atoms with Crippen LogP contribution in [0.3, 0.4) is 0 Å². The van der Waals surface area contributed by atoms with Crippen molar-refractivity contribution < 1.29 is 13.2 Å². The molecule has 0 aliphatic carbocycles. The number of hydrogen-bond acceptors (Lipinski definition) is 2. The molecule has 2 rings (SSSR count). The monoisotopic (exact) mass is 344 g/mol. The zero-order valence-corrected chi connectivity index (χ0v) is 12.1. The summed E-state index contributed by atoms with van der Waals surface area (Å²) in [6.45, 7) is 1.73. The highest BCUT2D eigenvalue weighted by Gasteiger charge is 2.30. The molecule has 2 nitrogen and oxygen atoms in total. The smallest absolute Gasteiger partial charge is 0.397 e. The third-order valence-corrected chi connectivity index (χ3v) is 3.34. The van der Waals surface area contributed by atoms with Gasteiger partial charge in [0.2, 0.25) is 0 Å². The first-order chi connectivity index (χ1) is 9.27. The van der Waals surface area contributed by atoms with Gasteiger partial charge < -0.3 is 11.1 Å². The molecule has 106 valence electrons. The molecule has 6 heteroatoms. The molecule has 0 saturated heterocycles. The highest BCUT2D eigenvalue weighted by molar-refractivity contribution is 9.10. The van der Waals surface area contributed by atoms with Gasteiger partial charge >= 0.3 is 6.18 Å². The van der Waals surface area contributed by atoms with E-state index >= 15 is 0 Å². The summed E-state index contributed by atoms with van der Waals surface area (Å²) >= 11 is 3.28. The van der Waals surface area contributed by atoms with E-state index in [0.29, 0.717) is 22.6 Å². The first-order valence-corrected chi connectivity index (χ1v) is 6.56. The first-order valence-electron chi connectivity index (χ1n) is 5.77. The Morgan fingerprint density at radius 2 is 1.75 bits per heavy atom. The van der Waals surface area contributed by atoms with E-state index in [0.717, 1.165) is 16.6 Å². The van der Waals surface area contributed by atoms with E-state index in [-0.39, 0.29) is 0 Å². The summed E-state index contributed by atoms with van der Waals surface area (Å²) < 4.78 is 38.9. The van der Waals surface area contributed by atoms with Crippen molar-refractivity contribution >= 4 is 33.0 Å². The average Bonchev–Trinajstić information content (AvgIpc) is 2.33. The fourth-order valence-corrected chi connectivity index (χ4v) is 2.10. The zero-order chi connectivity index (χ0) is 14.9. The quantitative estimate of drug-likeness (QED) is 0.743. The normalized spacial score (nSPS) is 11.4. The molecule has 0 bridgehead atoms. The van der Waals surface area contributed by atoms with Gasteiger partial charge in [0.25, 0.3) is 0 Å². The second kappa shape index (κ2) is 5.36. The third-order valence-electron chi connectivity index (χ3n) is 2.85. The molecule has 2 aromatic rings. The lowest BCUT2D eigenvalue weighted by Gasteiger charge is -2.14. The Morgan fingerprint density at radius 3 is 2.35 bits per heavy atom. The summed E-state index contributed by atoms with van der Waals surface area (Å²) in [7, 11) is 0. The predicted molar refractivity (Wildman–Crippen MR) is 78.0 cm³/mol. The molecular weight excluding hydrogens is 333 g/mol. The van der Waals surface area contributed by atoms with Crippen LogP contribution in [0.4, 0.5) is 30.2 Å². The molecule has 3 N–H and O–H groups in total. The Labute approximate surface area is 122 Å². The van der Waals surface area contributed by atoms with Crippen molar-refractivity contribution in [3.05, 3.63) is 52.0 Å². The van der Waals surface area contributed by atoms with Crippen molar-refractivity contribution in [2.24, 2.45) is 0 Å². The van der Waals surface area contributed by atoms with Gasteiger partial charge in [-0.3, -0.25) is 0 Å². The molecule has 0 fully saturated rings. The van der Waals surface area contributed by atoms with Gasteiger partial charge in [-0.15, -0.1) is 0 Å². The average molecular weight is 345 g/mol.